The van der Waals surface area contributed by atoms with Crippen LogP contribution in [0.3, 0.4) is 0 Å². The van der Waals surface area contributed by atoms with Crippen LogP contribution in [0.2, 0.25) is 0 Å². The number of nitrogens with zero attached hydrogens (tertiary/aromatic N) is 1. The second-order valence-electron chi connectivity index (χ2n) is 5.93. The van der Waals surface area contributed by atoms with E-state index in [1.54, 1.807) is 29.2 Å². The Balaban J connectivity index is 1.91. The van der Waals surface area contributed by atoms with Crippen molar-refractivity contribution in [1.29, 1.82) is 0 Å². The molecule has 0 aromatic heterocycles. The third kappa shape index (κ3) is 3.36. The highest BCUT2D eigenvalue weighted by molar-refractivity contribution is 6.15. The molecule has 1 amide bonds. The standard InChI is InChI=1S/C19H18FNO3/c20-14-9-7-13(8-10-14)18(23)16-5-1-2-6-17(16)19(24)21-11-3-4-15(22)12-21/h1-2,5-10,15,22H,3-4,11-12H2. The quantitative estimate of drug-likeness (QED) is 0.882. The fourth-order valence-electron chi connectivity index (χ4n) is 2.93. The summed E-state index contributed by atoms with van der Waals surface area (Å²) in [4.78, 5) is 27.0. The molecule has 1 aliphatic rings. The van der Waals surface area contributed by atoms with Crippen molar-refractivity contribution in [2.24, 2.45) is 0 Å². The minimum absolute atomic E-state index is 0.264. The van der Waals surface area contributed by atoms with Gasteiger partial charge in [-0.2, -0.15) is 0 Å². The van der Waals surface area contributed by atoms with E-state index in [2.05, 4.69) is 0 Å². The van der Waals surface area contributed by atoms with Crippen LogP contribution in [-0.2, 0) is 0 Å². The molecule has 3 rings (SSSR count). The van der Waals surface area contributed by atoms with Gasteiger partial charge in [0.05, 0.1) is 11.7 Å². The highest BCUT2D eigenvalue weighted by Crippen LogP contribution is 2.19. The zero-order chi connectivity index (χ0) is 17.1. The van der Waals surface area contributed by atoms with Crippen LogP contribution in [0.1, 0.15) is 39.1 Å². The predicted molar refractivity (Wildman–Crippen MR) is 87.4 cm³/mol. The normalized spacial score (nSPS) is 17.6. The number of aliphatic hydroxyl groups is 1. The first-order chi connectivity index (χ1) is 11.6. The molecule has 0 aliphatic carbocycles. The fraction of sp³-hybridized carbons (Fsp3) is 0.263. The molecule has 124 valence electrons. The minimum atomic E-state index is -0.525. The van der Waals surface area contributed by atoms with E-state index in [4.69, 9.17) is 0 Å². The maximum absolute atomic E-state index is 13.0. The van der Waals surface area contributed by atoms with Crippen LogP contribution < -0.4 is 0 Å². The smallest absolute Gasteiger partial charge is 0.254 e. The lowest BCUT2D eigenvalue weighted by Crippen LogP contribution is -2.42. The Labute approximate surface area is 139 Å². The number of piperidine rings is 1. The van der Waals surface area contributed by atoms with Gasteiger partial charge in [-0.15, -0.1) is 0 Å². The zero-order valence-electron chi connectivity index (χ0n) is 13.1. The number of hydrogen-bond acceptors (Lipinski definition) is 3. The number of carbonyl (C=O) groups excluding carboxylic acids is 2. The molecule has 1 atom stereocenters. The molecule has 2 aromatic rings. The summed E-state index contributed by atoms with van der Waals surface area (Å²) in [5.74, 6) is -1.01. The molecule has 1 aliphatic heterocycles. The lowest BCUT2D eigenvalue weighted by molar-refractivity contribution is 0.0472. The van der Waals surface area contributed by atoms with E-state index in [9.17, 15) is 19.1 Å². The molecule has 0 bridgehead atoms. The Hall–Kier alpha value is -2.53. The Kier molecular flexibility index (Phi) is 4.71. The molecule has 2 aromatic carbocycles. The van der Waals surface area contributed by atoms with Crippen molar-refractivity contribution < 1.29 is 19.1 Å². The van der Waals surface area contributed by atoms with Crippen molar-refractivity contribution in [3.05, 3.63) is 71.0 Å². The van der Waals surface area contributed by atoms with Crippen LogP contribution >= 0.6 is 0 Å². The van der Waals surface area contributed by atoms with Gasteiger partial charge in [0, 0.05) is 24.2 Å². The summed E-state index contributed by atoms with van der Waals surface area (Å²) >= 11 is 0. The molecule has 1 heterocycles. The van der Waals surface area contributed by atoms with E-state index in [-0.39, 0.29) is 23.8 Å². The number of hydrogen-bond donors (Lipinski definition) is 1. The summed E-state index contributed by atoms with van der Waals surface area (Å²) in [5, 5.41) is 9.76. The molecule has 0 saturated carbocycles. The number of carbonyl (C=O) groups is 2. The van der Waals surface area contributed by atoms with Gasteiger partial charge < -0.3 is 10.0 Å². The molecule has 1 unspecified atom stereocenters. The van der Waals surface area contributed by atoms with E-state index < -0.39 is 11.9 Å². The average molecular weight is 327 g/mol. The molecule has 5 heteroatoms. The van der Waals surface area contributed by atoms with Gasteiger partial charge in [-0.3, -0.25) is 9.59 Å². The number of amides is 1. The Morgan fingerprint density at radius 2 is 1.71 bits per heavy atom. The molecule has 4 nitrogen and oxygen atoms in total. The van der Waals surface area contributed by atoms with E-state index in [0.717, 1.165) is 6.42 Å². The maximum Gasteiger partial charge on any atom is 0.254 e. The summed E-state index contributed by atoms with van der Waals surface area (Å²) < 4.78 is 13.0. The van der Waals surface area contributed by atoms with E-state index in [0.29, 0.717) is 24.1 Å². The van der Waals surface area contributed by atoms with Crippen molar-refractivity contribution >= 4 is 11.7 Å². The van der Waals surface area contributed by atoms with Crippen molar-refractivity contribution in [2.75, 3.05) is 13.1 Å². The number of likely N-dealkylation sites (tertiary alicyclic amines) is 1. The molecule has 0 spiro atoms. The number of β-amino-alcohol motifs (C(OH)–C–C–N with tert-alkyl or cyclic N) is 1. The second kappa shape index (κ2) is 6.93. The van der Waals surface area contributed by atoms with Crippen molar-refractivity contribution in [1.82, 2.24) is 4.90 Å². The Bertz CT molecular complexity index is 757. The number of halogens is 1. The van der Waals surface area contributed by atoms with Gasteiger partial charge in [0.15, 0.2) is 5.78 Å². The lowest BCUT2D eigenvalue weighted by Gasteiger charge is -2.30. The van der Waals surface area contributed by atoms with Crippen LogP contribution in [0.5, 0.6) is 0 Å². The van der Waals surface area contributed by atoms with Crippen LogP contribution in [0.15, 0.2) is 48.5 Å². The summed E-state index contributed by atoms with van der Waals surface area (Å²) in [6.07, 6.45) is 0.892. The maximum atomic E-state index is 13.0. The molecular formula is C19H18FNO3. The SMILES string of the molecule is O=C(c1ccc(F)cc1)c1ccccc1C(=O)N1CCCC(O)C1. The van der Waals surface area contributed by atoms with Gasteiger partial charge in [0.1, 0.15) is 5.82 Å². The van der Waals surface area contributed by atoms with E-state index in [1.165, 1.54) is 24.3 Å². The third-order valence-corrected chi connectivity index (χ3v) is 4.19. The van der Waals surface area contributed by atoms with Crippen molar-refractivity contribution in [3.63, 3.8) is 0 Å². The Morgan fingerprint density at radius 1 is 1.04 bits per heavy atom. The largest absolute Gasteiger partial charge is 0.391 e. The van der Waals surface area contributed by atoms with Gasteiger partial charge in [-0.25, -0.2) is 4.39 Å². The van der Waals surface area contributed by atoms with Gasteiger partial charge in [0.25, 0.3) is 5.91 Å². The molecule has 1 fully saturated rings. The first kappa shape index (κ1) is 16.3. The first-order valence-corrected chi connectivity index (χ1v) is 7.93. The highest BCUT2D eigenvalue weighted by Gasteiger charge is 2.26. The second-order valence-corrected chi connectivity index (χ2v) is 5.93. The summed E-state index contributed by atoms with van der Waals surface area (Å²) in [6, 6.07) is 11.9. The lowest BCUT2D eigenvalue weighted by atomic mass is 9.97. The monoisotopic (exact) mass is 327 g/mol. The summed E-state index contributed by atoms with van der Waals surface area (Å²) in [7, 11) is 0. The third-order valence-electron chi connectivity index (χ3n) is 4.19. The highest BCUT2D eigenvalue weighted by atomic mass is 19.1. The van der Waals surface area contributed by atoms with Crippen LogP contribution in [0.25, 0.3) is 0 Å². The number of ketones is 1. The number of rotatable bonds is 3. The molecule has 1 saturated heterocycles. The minimum Gasteiger partial charge on any atom is -0.391 e. The van der Waals surface area contributed by atoms with Gasteiger partial charge in [0.2, 0.25) is 0 Å². The van der Waals surface area contributed by atoms with Gasteiger partial charge >= 0.3 is 0 Å². The van der Waals surface area contributed by atoms with Gasteiger partial charge in [-0.05, 0) is 43.2 Å². The van der Waals surface area contributed by atoms with Crippen molar-refractivity contribution in [2.45, 2.75) is 18.9 Å². The number of aliphatic hydroxyl groups excluding tert-OH is 1. The molecule has 1 N–H and O–H groups in total. The topological polar surface area (TPSA) is 57.6 Å². The van der Waals surface area contributed by atoms with Crippen molar-refractivity contribution in [3.8, 4) is 0 Å². The number of benzene rings is 2. The summed E-state index contributed by atoms with van der Waals surface area (Å²) in [5.41, 5.74) is 0.922. The first-order valence-electron chi connectivity index (χ1n) is 7.93. The van der Waals surface area contributed by atoms with Crippen LogP contribution in [-0.4, -0.2) is 40.9 Å². The molecule has 24 heavy (non-hydrogen) atoms. The van der Waals surface area contributed by atoms with Gasteiger partial charge in [-0.1, -0.05) is 18.2 Å². The van der Waals surface area contributed by atoms with Crippen LogP contribution in [0, 0.1) is 5.82 Å². The van der Waals surface area contributed by atoms with E-state index in [1.807, 2.05) is 0 Å². The predicted octanol–water partition coefficient (Wildman–Crippen LogP) is 2.65. The molecular weight excluding hydrogens is 309 g/mol. The fourth-order valence-corrected chi connectivity index (χ4v) is 2.93. The zero-order valence-corrected chi connectivity index (χ0v) is 13.1. The van der Waals surface area contributed by atoms with E-state index >= 15 is 0 Å². The molecule has 0 radical (unpaired) electrons. The van der Waals surface area contributed by atoms with Crippen LogP contribution in [0.4, 0.5) is 4.39 Å². The average Bonchev–Trinajstić information content (AvgIpc) is 2.61. The summed E-state index contributed by atoms with van der Waals surface area (Å²) in [6.45, 7) is 0.840. The Morgan fingerprint density at radius 3 is 2.38 bits per heavy atom.